The van der Waals surface area contributed by atoms with Crippen LogP contribution in [0.3, 0.4) is 0 Å². The number of nitrogens with one attached hydrogen (secondary N) is 2. The zero-order valence-electron chi connectivity index (χ0n) is 19.8. The van der Waals surface area contributed by atoms with E-state index in [0.29, 0.717) is 38.4 Å². The van der Waals surface area contributed by atoms with Crippen molar-refractivity contribution < 1.29 is 27.5 Å². The second-order valence-electron chi connectivity index (χ2n) is 8.10. The standard InChI is InChI=1S/C22H36N4O6S/c1-25(16-21(27)23-11-8-14-31-2)17-22(28)24-19-15-18(9-10-20(19)32-3)33(29,30)26-12-6-4-5-7-13-26/h9-10,15H,4-8,11-14,16-17H2,1-3H3,(H,23,27)(H,24,28). The molecule has 33 heavy (non-hydrogen) atoms. The van der Waals surface area contributed by atoms with Crippen molar-refractivity contribution in [2.75, 3.05) is 65.9 Å². The molecule has 0 atom stereocenters. The van der Waals surface area contributed by atoms with E-state index in [4.69, 9.17) is 9.47 Å². The van der Waals surface area contributed by atoms with Crippen LogP contribution in [0, 0.1) is 0 Å². The lowest BCUT2D eigenvalue weighted by molar-refractivity contribution is -0.123. The topological polar surface area (TPSA) is 117 Å². The number of likely N-dealkylation sites (N-methyl/N-ethyl adjacent to an activating group) is 1. The molecule has 0 unspecified atom stereocenters. The van der Waals surface area contributed by atoms with Crippen molar-refractivity contribution >= 4 is 27.5 Å². The number of ether oxygens (including phenoxy) is 2. The molecule has 1 aromatic carbocycles. The van der Waals surface area contributed by atoms with E-state index in [0.717, 1.165) is 25.7 Å². The van der Waals surface area contributed by atoms with Gasteiger partial charge < -0.3 is 20.1 Å². The summed E-state index contributed by atoms with van der Waals surface area (Å²) in [6.45, 7) is 2.07. The van der Waals surface area contributed by atoms with Crippen LogP contribution in [0.1, 0.15) is 32.1 Å². The third-order valence-corrected chi connectivity index (χ3v) is 7.22. The van der Waals surface area contributed by atoms with E-state index >= 15 is 0 Å². The number of rotatable bonds is 12. The molecule has 1 aromatic rings. The molecule has 1 saturated heterocycles. The van der Waals surface area contributed by atoms with E-state index in [2.05, 4.69) is 10.6 Å². The Labute approximate surface area is 196 Å². The maximum absolute atomic E-state index is 13.1. The van der Waals surface area contributed by atoms with Gasteiger partial charge in [-0.1, -0.05) is 12.8 Å². The van der Waals surface area contributed by atoms with Crippen LogP contribution in [0.15, 0.2) is 23.1 Å². The van der Waals surface area contributed by atoms with E-state index in [9.17, 15) is 18.0 Å². The largest absolute Gasteiger partial charge is 0.495 e. The molecule has 11 heteroatoms. The van der Waals surface area contributed by atoms with Crippen molar-refractivity contribution in [3.05, 3.63) is 18.2 Å². The minimum atomic E-state index is -3.67. The second-order valence-corrected chi connectivity index (χ2v) is 10.0. The first-order valence-electron chi connectivity index (χ1n) is 11.2. The lowest BCUT2D eigenvalue weighted by Gasteiger charge is -2.21. The summed E-state index contributed by atoms with van der Waals surface area (Å²) < 4.78 is 38.0. The Morgan fingerprint density at radius 2 is 1.73 bits per heavy atom. The zero-order chi connectivity index (χ0) is 24.3. The number of anilines is 1. The molecule has 1 aliphatic rings. The maximum atomic E-state index is 13.1. The van der Waals surface area contributed by atoms with Crippen LogP contribution in [0.4, 0.5) is 5.69 Å². The monoisotopic (exact) mass is 484 g/mol. The molecule has 2 amide bonds. The number of hydrogen-bond acceptors (Lipinski definition) is 7. The van der Waals surface area contributed by atoms with Crippen LogP contribution < -0.4 is 15.4 Å². The van der Waals surface area contributed by atoms with E-state index in [1.165, 1.54) is 29.6 Å². The molecule has 1 heterocycles. The predicted octanol–water partition coefficient (Wildman–Crippen LogP) is 1.28. The third-order valence-electron chi connectivity index (χ3n) is 5.32. The molecule has 1 fully saturated rings. The molecule has 10 nitrogen and oxygen atoms in total. The molecule has 2 N–H and O–H groups in total. The maximum Gasteiger partial charge on any atom is 0.243 e. The van der Waals surface area contributed by atoms with E-state index < -0.39 is 10.0 Å². The van der Waals surface area contributed by atoms with Crippen molar-refractivity contribution in [1.82, 2.24) is 14.5 Å². The summed E-state index contributed by atoms with van der Waals surface area (Å²) in [4.78, 5) is 26.2. The van der Waals surface area contributed by atoms with E-state index in [1.807, 2.05) is 0 Å². The third kappa shape index (κ3) is 8.58. The highest BCUT2D eigenvalue weighted by Crippen LogP contribution is 2.29. The Bertz CT molecular complexity index is 885. The molecule has 186 valence electrons. The summed E-state index contributed by atoms with van der Waals surface area (Å²) in [7, 11) is 1.04. The summed E-state index contributed by atoms with van der Waals surface area (Å²) in [5.41, 5.74) is 0.274. The smallest absolute Gasteiger partial charge is 0.243 e. The highest BCUT2D eigenvalue weighted by Gasteiger charge is 2.26. The van der Waals surface area contributed by atoms with Gasteiger partial charge in [0.2, 0.25) is 21.8 Å². The second kappa shape index (κ2) is 13.5. The molecule has 0 bridgehead atoms. The molecular weight excluding hydrogens is 448 g/mol. The molecule has 0 aliphatic carbocycles. The summed E-state index contributed by atoms with van der Waals surface area (Å²) in [5.74, 6) is -0.214. The lowest BCUT2D eigenvalue weighted by atomic mass is 10.2. The predicted molar refractivity (Wildman–Crippen MR) is 126 cm³/mol. The highest BCUT2D eigenvalue weighted by molar-refractivity contribution is 7.89. The van der Waals surface area contributed by atoms with Gasteiger partial charge in [0.25, 0.3) is 0 Å². The Morgan fingerprint density at radius 1 is 1.06 bits per heavy atom. The fourth-order valence-corrected chi connectivity index (χ4v) is 5.16. The Balaban J connectivity index is 2.01. The fourth-order valence-electron chi connectivity index (χ4n) is 3.61. The van der Waals surface area contributed by atoms with Crippen LogP contribution in [-0.2, 0) is 24.3 Å². The SMILES string of the molecule is COCCCNC(=O)CN(C)CC(=O)Nc1cc(S(=O)(=O)N2CCCCCC2)ccc1OC. The van der Waals surface area contributed by atoms with Crippen LogP contribution in [0.5, 0.6) is 5.75 Å². The average Bonchev–Trinajstić information content (AvgIpc) is 3.06. The Kier molecular flexibility index (Phi) is 11.0. The molecular formula is C22H36N4O6S. The first kappa shape index (κ1) is 27.0. The molecule has 0 spiro atoms. The fraction of sp³-hybridized carbons (Fsp3) is 0.636. The zero-order valence-corrected chi connectivity index (χ0v) is 20.6. The first-order chi connectivity index (χ1) is 15.8. The molecule has 0 saturated carbocycles. The summed E-state index contributed by atoms with van der Waals surface area (Å²) in [6.07, 6.45) is 4.43. The van der Waals surface area contributed by atoms with Gasteiger partial charge in [0.1, 0.15) is 5.75 Å². The molecule has 1 aliphatic heterocycles. The van der Waals surface area contributed by atoms with E-state index in [1.54, 1.807) is 19.1 Å². The van der Waals surface area contributed by atoms with Gasteiger partial charge in [0, 0.05) is 33.4 Å². The highest BCUT2D eigenvalue weighted by atomic mass is 32.2. The van der Waals surface area contributed by atoms with Crippen molar-refractivity contribution in [3.8, 4) is 5.75 Å². The van der Waals surface area contributed by atoms with Gasteiger partial charge in [0.15, 0.2) is 0 Å². The number of amides is 2. The molecule has 0 aromatic heterocycles. The first-order valence-corrected chi connectivity index (χ1v) is 12.6. The number of carbonyl (C=O) groups excluding carboxylic acids is 2. The van der Waals surface area contributed by atoms with Gasteiger partial charge in [-0.2, -0.15) is 4.31 Å². The van der Waals surface area contributed by atoms with Crippen LogP contribution in [0.25, 0.3) is 0 Å². The Morgan fingerprint density at radius 3 is 2.36 bits per heavy atom. The Hall–Kier alpha value is -2.21. The number of sulfonamides is 1. The number of methoxy groups -OCH3 is 2. The number of hydrogen-bond donors (Lipinski definition) is 2. The average molecular weight is 485 g/mol. The van der Waals surface area contributed by atoms with Crippen LogP contribution in [0.2, 0.25) is 0 Å². The minimum absolute atomic E-state index is 0.0439. The van der Waals surface area contributed by atoms with Gasteiger partial charge in [-0.25, -0.2) is 8.42 Å². The van der Waals surface area contributed by atoms with Crippen molar-refractivity contribution in [3.63, 3.8) is 0 Å². The molecule has 0 radical (unpaired) electrons. The van der Waals surface area contributed by atoms with Gasteiger partial charge in [0.05, 0.1) is 30.8 Å². The van der Waals surface area contributed by atoms with Crippen LogP contribution in [-0.4, -0.2) is 90.0 Å². The minimum Gasteiger partial charge on any atom is -0.495 e. The summed E-state index contributed by atoms with van der Waals surface area (Å²) in [6, 6.07) is 4.46. The van der Waals surface area contributed by atoms with Gasteiger partial charge >= 0.3 is 0 Å². The van der Waals surface area contributed by atoms with Crippen molar-refractivity contribution in [2.45, 2.75) is 37.0 Å². The van der Waals surface area contributed by atoms with Crippen molar-refractivity contribution in [2.24, 2.45) is 0 Å². The lowest BCUT2D eigenvalue weighted by Crippen LogP contribution is -2.39. The normalized spacial score (nSPS) is 15.2. The van der Waals surface area contributed by atoms with Gasteiger partial charge in [-0.3, -0.25) is 14.5 Å². The van der Waals surface area contributed by atoms with Crippen LogP contribution >= 0.6 is 0 Å². The summed E-state index contributed by atoms with van der Waals surface area (Å²) in [5, 5.41) is 5.48. The number of nitrogens with zero attached hydrogens (tertiary/aromatic N) is 2. The van der Waals surface area contributed by atoms with Gasteiger partial charge in [-0.05, 0) is 44.5 Å². The van der Waals surface area contributed by atoms with Crippen molar-refractivity contribution in [1.29, 1.82) is 0 Å². The number of benzene rings is 1. The van der Waals surface area contributed by atoms with E-state index in [-0.39, 0.29) is 35.5 Å². The summed E-state index contributed by atoms with van der Waals surface area (Å²) >= 11 is 0. The van der Waals surface area contributed by atoms with Gasteiger partial charge in [-0.15, -0.1) is 0 Å². The molecule has 2 rings (SSSR count). The number of carbonyl (C=O) groups is 2. The quantitative estimate of drug-likeness (QED) is 0.429.